The Balaban J connectivity index is 2.18. The van der Waals surface area contributed by atoms with Gasteiger partial charge in [-0.2, -0.15) is 4.98 Å². The number of aliphatic hydroxyl groups is 1. The Morgan fingerprint density at radius 1 is 1.42 bits per heavy atom. The van der Waals surface area contributed by atoms with Crippen LogP contribution in [0.4, 0.5) is 11.8 Å². The number of anilines is 2. The van der Waals surface area contributed by atoms with Gasteiger partial charge in [0.05, 0.1) is 5.60 Å². The fourth-order valence-electron chi connectivity index (χ4n) is 2.55. The molecular weight excluding hydrogens is 240 g/mol. The van der Waals surface area contributed by atoms with Crippen molar-refractivity contribution in [3.8, 4) is 0 Å². The van der Waals surface area contributed by atoms with Crippen LogP contribution in [0.5, 0.6) is 0 Å². The molecule has 0 radical (unpaired) electrons. The highest BCUT2D eigenvalue weighted by atomic mass is 16.3. The lowest BCUT2D eigenvalue weighted by Crippen LogP contribution is -2.33. The number of rotatable bonds is 3. The molecule has 1 unspecified atom stereocenters. The van der Waals surface area contributed by atoms with Crippen LogP contribution in [-0.2, 0) is 0 Å². The van der Waals surface area contributed by atoms with E-state index in [9.17, 15) is 5.11 Å². The molecule has 5 nitrogen and oxygen atoms in total. The summed E-state index contributed by atoms with van der Waals surface area (Å²) in [6.45, 7) is 7.50. The molecule has 1 N–H and O–H groups in total. The lowest BCUT2D eigenvalue weighted by molar-refractivity contribution is 0.0263. The average molecular weight is 264 g/mol. The molecule has 1 aliphatic heterocycles. The van der Waals surface area contributed by atoms with Crippen molar-refractivity contribution in [2.75, 3.05) is 37.0 Å². The van der Waals surface area contributed by atoms with Gasteiger partial charge in [-0.25, -0.2) is 4.98 Å². The maximum atomic E-state index is 10.1. The van der Waals surface area contributed by atoms with Gasteiger partial charge in [-0.05, 0) is 27.2 Å². The van der Waals surface area contributed by atoms with Gasteiger partial charge in [0.15, 0.2) is 0 Å². The third-order valence-corrected chi connectivity index (χ3v) is 3.83. The molecule has 0 bridgehead atoms. The van der Waals surface area contributed by atoms with E-state index in [1.165, 1.54) is 0 Å². The monoisotopic (exact) mass is 264 g/mol. The molecule has 2 rings (SSSR count). The molecule has 1 aliphatic rings. The zero-order valence-electron chi connectivity index (χ0n) is 12.5. The molecule has 19 heavy (non-hydrogen) atoms. The minimum Gasteiger partial charge on any atom is -0.390 e. The van der Waals surface area contributed by atoms with E-state index in [4.69, 9.17) is 0 Å². The molecule has 106 valence electrons. The van der Waals surface area contributed by atoms with Gasteiger partial charge in [0.2, 0.25) is 5.95 Å². The van der Waals surface area contributed by atoms with Crippen LogP contribution >= 0.6 is 0 Å². The van der Waals surface area contributed by atoms with Gasteiger partial charge in [-0.3, -0.25) is 0 Å². The number of nitrogens with zero attached hydrogens (tertiary/aromatic N) is 4. The Morgan fingerprint density at radius 3 is 2.63 bits per heavy atom. The quantitative estimate of drug-likeness (QED) is 0.895. The third-order valence-electron chi connectivity index (χ3n) is 3.83. The zero-order valence-corrected chi connectivity index (χ0v) is 12.5. The van der Waals surface area contributed by atoms with E-state index in [0.717, 1.165) is 36.8 Å². The Labute approximate surface area is 115 Å². The minimum atomic E-state index is -0.635. The summed E-state index contributed by atoms with van der Waals surface area (Å²) < 4.78 is 0. The fraction of sp³-hybridized carbons (Fsp3) is 0.714. The maximum Gasteiger partial charge on any atom is 0.227 e. The topological polar surface area (TPSA) is 52.5 Å². The van der Waals surface area contributed by atoms with Crippen LogP contribution < -0.4 is 9.80 Å². The van der Waals surface area contributed by atoms with Crippen molar-refractivity contribution in [1.82, 2.24) is 9.97 Å². The van der Waals surface area contributed by atoms with Crippen LogP contribution in [-0.4, -0.2) is 47.9 Å². The molecule has 1 fully saturated rings. The van der Waals surface area contributed by atoms with E-state index >= 15 is 0 Å². The van der Waals surface area contributed by atoms with E-state index in [1.54, 1.807) is 0 Å². The molecule has 1 saturated heterocycles. The molecular formula is C14H24N4O. The first-order chi connectivity index (χ1) is 8.79. The Kier molecular flexibility index (Phi) is 3.67. The third kappa shape index (κ3) is 2.97. The first-order valence-corrected chi connectivity index (χ1v) is 6.77. The second-order valence-electron chi connectivity index (χ2n) is 6.16. The predicted molar refractivity (Wildman–Crippen MR) is 77.7 cm³/mol. The standard InChI is InChI=1S/C14H24N4O/c1-10-8-15-13(16-12(10)17(4)5)18-7-6-11(9-18)14(2,3)19/h8,11,19H,6-7,9H2,1-5H3. The normalized spacial score (nSPS) is 19.9. The summed E-state index contributed by atoms with van der Waals surface area (Å²) in [6, 6.07) is 0. The largest absolute Gasteiger partial charge is 0.390 e. The van der Waals surface area contributed by atoms with E-state index < -0.39 is 5.60 Å². The second kappa shape index (κ2) is 4.96. The summed E-state index contributed by atoms with van der Waals surface area (Å²) in [5, 5.41) is 10.1. The van der Waals surface area contributed by atoms with Gasteiger partial charge in [0.1, 0.15) is 5.82 Å². The maximum absolute atomic E-state index is 10.1. The molecule has 0 aromatic carbocycles. The second-order valence-corrected chi connectivity index (χ2v) is 6.16. The van der Waals surface area contributed by atoms with Gasteiger partial charge >= 0.3 is 0 Å². The van der Waals surface area contributed by atoms with Crippen LogP contribution in [0.2, 0.25) is 0 Å². The van der Waals surface area contributed by atoms with E-state index in [2.05, 4.69) is 14.9 Å². The molecule has 5 heteroatoms. The van der Waals surface area contributed by atoms with Crippen LogP contribution in [0.15, 0.2) is 6.20 Å². The van der Waals surface area contributed by atoms with Gasteiger partial charge in [0, 0.05) is 44.9 Å². The minimum absolute atomic E-state index is 0.278. The molecule has 0 aliphatic carbocycles. The fourth-order valence-corrected chi connectivity index (χ4v) is 2.55. The summed E-state index contributed by atoms with van der Waals surface area (Å²) in [6.07, 6.45) is 2.85. The number of hydrogen-bond donors (Lipinski definition) is 1. The van der Waals surface area contributed by atoms with Gasteiger partial charge in [0.25, 0.3) is 0 Å². The van der Waals surface area contributed by atoms with E-state index in [1.807, 2.05) is 46.0 Å². The summed E-state index contributed by atoms with van der Waals surface area (Å²) >= 11 is 0. The number of hydrogen-bond acceptors (Lipinski definition) is 5. The molecule has 0 spiro atoms. The lowest BCUT2D eigenvalue weighted by atomic mass is 9.91. The Morgan fingerprint density at radius 2 is 2.11 bits per heavy atom. The average Bonchev–Trinajstić information content (AvgIpc) is 2.78. The number of aryl methyl sites for hydroxylation is 1. The van der Waals surface area contributed by atoms with Crippen molar-refractivity contribution in [2.24, 2.45) is 5.92 Å². The summed E-state index contributed by atoms with van der Waals surface area (Å²) in [5.74, 6) is 2.00. The molecule has 1 aromatic heterocycles. The van der Waals surface area contributed by atoms with Crippen LogP contribution in [0.25, 0.3) is 0 Å². The summed E-state index contributed by atoms with van der Waals surface area (Å²) in [4.78, 5) is 13.2. The van der Waals surface area contributed by atoms with Gasteiger partial charge in [-0.15, -0.1) is 0 Å². The smallest absolute Gasteiger partial charge is 0.227 e. The van der Waals surface area contributed by atoms with E-state index in [0.29, 0.717) is 0 Å². The first-order valence-electron chi connectivity index (χ1n) is 6.77. The van der Waals surface area contributed by atoms with Crippen molar-refractivity contribution in [2.45, 2.75) is 32.8 Å². The molecule has 1 aromatic rings. The lowest BCUT2D eigenvalue weighted by Gasteiger charge is -2.26. The van der Waals surface area contributed by atoms with Crippen LogP contribution in [0, 0.1) is 12.8 Å². The number of aromatic nitrogens is 2. The molecule has 0 amide bonds. The van der Waals surface area contributed by atoms with Crippen molar-refractivity contribution in [1.29, 1.82) is 0 Å². The van der Waals surface area contributed by atoms with Gasteiger partial charge in [-0.1, -0.05) is 0 Å². The van der Waals surface area contributed by atoms with Gasteiger partial charge < -0.3 is 14.9 Å². The summed E-state index contributed by atoms with van der Waals surface area (Å²) in [5.41, 5.74) is 0.441. The highest BCUT2D eigenvalue weighted by molar-refractivity contribution is 5.48. The highest BCUT2D eigenvalue weighted by Gasteiger charge is 2.34. The zero-order chi connectivity index (χ0) is 14.2. The SMILES string of the molecule is Cc1cnc(N2CCC(C(C)(C)O)C2)nc1N(C)C. The van der Waals surface area contributed by atoms with Crippen molar-refractivity contribution in [3.63, 3.8) is 0 Å². The van der Waals surface area contributed by atoms with Crippen molar-refractivity contribution >= 4 is 11.8 Å². The Bertz CT molecular complexity index is 453. The predicted octanol–water partition coefficient (Wildman–Crippen LogP) is 1.45. The van der Waals surface area contributed by atoms with Crippen molar-refractivity contribution < 1.29 is 5.11 Å². The van der Waals surface area contributed by atoms with E-state index in [-0.39, 0.29) is 5.92 Å². The van der Waals surface area contributed by atoms with Crippen molar-refractivity contribution in [3.05, 3.63) is 11.8 Å². The van der Waals surface area contributed by atoms with Crippen LogP contribution in [0.3, 0.4) is 0 Å². The molecule has 2 heterocycles. The Hall–Kier alpha value is -1.36. The summed E-state index contributed by atoms with van der Waals surface area (Å²) in [7, 11) is 3.98. The highest BCUT2D eigenvalue weighted by Crippen LogP contribution is 2.29. The van der Waals surface area contributed by atoms with Crippen LogP contribution in [0.1, 0.15) is 25.8 Å². The first kappa shape index (κ1) is 14.1. The molecule has 1 atom stereocenters. The molecule has 0 saturated carbocycles.